The van der Waals surface area contributed by atoms with Gasteiger partial charge in [0, 0.05) is 36.7 Å². The van der Waals surface area contributed by atoms with Crippen molar-refractivity contribution in [3.05, 3.63) is 29.8 Å². The lowest BCUT2D eigenvalue weighted by atomic mass is 10.1. The zero-order valence-electron chi connectivity index (χ0n) is 11.5. The summed E-state index contributed by atoms with van der Waals surface area (Å²) in [6.07, 6.45) is 3.50. The fraction of sp³-hybridized carbons (Fsp3) is 0.533. The Kier molecular flexibility index (Phi) is 4.86. The molecule has 2 atom stereocenters. The van der Waals surface area contributed by atoms with Crippen molar-refractivity contribution in [1.29, 1.82) is 0 Å². The van der Waals surface area contributed by atoms with E-state index in [1.165, 1.54) is 12.8 Å². The fourth-order valence-electron chi connectivity index (χ4n) is 2.59. The minimum Gasteiger partial charge on any atom is -0.378 e. The molecule has 0 bridgehead atoms. The molecule has 2 unspecified atom stereocenters. The highest BCUT2D eigenvalue weighted by atomic mass is 79.9. The summed E-state index contributed by atoms with van der Waals surface area (Å²) < 4.78 is 0. The highest BCUT2D eigenvalue weighted by Gasteiger charge is 2.27. The molecule has 0 aromatic heterocycles. The number of halogens is 1. The second-order valence-corrected chi connectivity index (χ2v) is 6.02. The SMILES string of the molecule is CN(C)c1cccc(C(=O)NC2CCCC2CBr)c1. The minimum absolute atomic E-state index is 0.0431. The molecule has 19 heavy (non-hydrogen) atoms. The minimum atomic E-state index is 0.0431. The molecule has 1 aromatic rings. The quantitative estimate of drug-likeness (QED) is 0.863. The second-order valence-electron chi connectivity index (χ2n) is 5.37. The topological polar surface area (TPSA) is 32.3 Å². The summed E-state index contributed by atoms with van der Waals surface area (Å²) in [6.45, 7) is 0. The van der Waals surface area contributed by atoms with Crippen LogP contribution in [0.25, 0.3) is 0 Å². The van der Waals surface area contributed by atoms with Gasteiger partial charge < -0.3 is 10.2 Å². The van der Waals surface area contributed by atoms with Crippen molar-refractivity contribution >= 4 is 27.5 Å². The van der Waals surface area contributed by atoms with Gasteiger partial charge in [0.1, 0.15) is 0 Å². The Bertz CT molecular complexity index is 448. The van der Waals surface area contributed by atoms with E-state index in [1.807, 2.05) is 43.3 Å². The van der Waals surface area contributed by atoms with Gasteiger partial charge in [-0.25, -0.2) is 0 Å². The van der Waals surface area contributed by atoms with Crippen molar-refractivity contribution in [3.63, 3.8) is 0 Å². The first-order valence-electron chi connectivity index (χ1n) is 6.76. The van der Waals surface area contributed by atoms with Crippen LogP contribution in [-0.2, 0) is 0 Å². The molecule has 1 aliphatic rings. The molecule has 104 valence electrons. The molecule has 2 rings (SSSR count). The average molecular weight is 325 g/mol. The molecular formula is C15H21BrN2O. The lowest BCUT2D eigenvalue weighted by Gasteiger charge is -2.19. The molecule has 0 radical (unpaired) electrons. The van der Waals surface area contributed by atoms with Gasteiger partial charge in [0.15, 0.2) is 0 Å². The number of nitrogens with zero attached hydrogens (tertiary/aromatic N) is 1. The number of nitrogens with one attached hydrogen (secondary N) is 1. The van der Waals surface area contributed by atoms with E-state index >= 15 is 0 Å². The number of hydrogen-bond donors (Lipinski definition) is 1. The van der Waals surface area contributed by atoms with E-state index in [2.05, 4.69) is 21.2 Å². The summed E-state index contributed by atoms with van der Waals surface area (Å²) >= 11 is 3.54. The largest absolute Gasteiger partial charge is 0.378 e. The van der Waals surface area contributed by atoms with Crippen LogP contribution in [0.15, 0.2) is 24.3 Å². The Morgan fingerprint density at radius 3 is 2.89 bits per heavy atom. The Morgan fingerprint density at radius 2 is 2.21 bits per heavy atom. The van der Waals surface area contributed by atoms with Crippen molar-refractivity contribution in [2.45, 2.75) is 25.3 Å². The van der Waals surface area contributed by atoms with Crippen LogP contribution in [0.2, 0.25) is 0 Å². The monoisotopic (exact) mass is 324 g/mol. The molecule has 1 fully saturated rings. The maximum Gasteiger partial charge on any atom is 0.251 e. The van der Waals surface area contributed by atoms with Gasteiger partial charge in [-0.3, -0.25) is 4.79 Å². The number of carbonyl (C=O) groups excluding carboxylic acids is 1. The van der Waals surface area contributed by atoms with E-state index in [-0.39, 0.29) is 5.91 Å². The molecule has 0 heterocycles. The maximum absolute atomic E-state index is 12.3. The number of rotatable bonds is 4. The highest BCUT2D eigenvalue weighted by molar-refractivity contribution is 9.09. The first kappa shape index (κ1) is 14.4. The number of hydrogen-bond acceptors (Lipinski definition) is 2. The van der Waals surface area contributed by atoms with E-state index in [0.29, 0.717) is 12.0 Å². The molecule has 0 aliphatic heterocycles. The van der Waals surface area contributed by atoms with Gasteiger partial charge >= 0.3 is 0 Å². The van der Waals surface area contributed by atoms with Crippen LogP contribution in [-0.4, -0.2) is 31.4 Å². The van der Waals surface area contributed by atoms with Crippen molar-refractivity contribution in [2.24, 2.45) is 5.92 Å². The van der Waals surface area contributed by atoms with E-state index < -0.39 is 0 Å². The lowest BCUT2D eigenvalue weighted by molar-refractivity contribution is 0.0930. The second kappa shape index (κ2) is 6.42. The van der Waals surface area contributed by atoms with Gasteiger partial charge in [0.05, 0.1) is 0 Å². The number of anilines is 1. The van der Waals surface area contributed by atoms with Crippen LogP contribution in [0.5, 0.6) is 0 Å². The standard InChI is InChI=1S/C15H21BrN2O/c1-18(2)13-7-3-5-11(9-13)15(19)17-14-8-4-6-12(14)10-16/h3,5,7,9,12,14H,4,6,8,10H2,1-2H3,(H,17,19). The smallest absolute Gasteiger partial charge is 0.251 e. The van der Waals surface area contributed by atoms with E-state index in [9.17, 15) is 4.79 Å². The third-order valence-electron chi connectivity index (χ3n) is 3.80. The number of carbonyl (C=O) groups is 1. The van der Waals surface area contributed by atoms with Gasteiger partial charge in [0.25, 0.3) is 5.91 Å². The van der Waals surface area contributed by atoms with E-state index in [1.54, 1.807) is 0 Å². The van der Waals surface area contributed by atoms with Gasteiger partial charge in [-0.1, -0.05) is 28.4 Å². The lowest BCUT2D eigenvalue weighted by Crippen LogP contribution is -2.37. The molecule has 3 nitrogen and oxygen atoms in total. The number of alkyl halides is 1. The Labute approximate surface area is 123 Å². The zero-order valence-corrected chi connectivity index (χ0v) is 13.1. The fourth-order valence-corrected chi connectivity index (χ4v) is 3.36. The van der Waals surface area contributed by atoms with E-state index in [4.69, 9.17) is 0 Å². The van der Waals surface area contributed by atoms with Crippen molar-refractivity contribution in [2.75, 3.05) is 24.3 Å². The first-order chi connectivity index (χ1) is 9.11. The number of benzene rings is 1. The van der Waals surface area contributed by atoms with Crippen LogP contribution in [0.4, 0.5) is 5.69 Å². The highest BCUT2D eigenvalue weighted by Crippen LogP contribution is 2.27. The average Bonchev–Trinajstić information content (AvgIpc) is 2.86. The Balaban J connectivity index is 2.05. The molecule has 1 saturated carbocycles. The van der Waals surface area contributed by atoms with Gasteiger partial charge in [-0.2, -0.15) is 0 Å². The summed E-state index contributed by atoms with van der Waals surface area (Å²) in [5.41, 5.74) is 1.79. The Hall–Kier alpha value is -1.03. The van der Waals surface area contributed by atoms with Crippen LogP contribution in [0, 0.1) is 5.92 Å². The molecule has 1 N–H and O–H groups in total. The van der Waals surface area contributed by atoms with Gasteiger partial charge in [-0.15, -0.1) is 0 Å². The van der Waals surface area contributed by atoms with Crippen molar-refractivity contribution in [1.82, 2.24) is 5.32 Å². The zero-order chi connectivity index (χ0) is 13.8. The molecule has 4 heteroatoms. The first-order valence-corrected chi connectivity index (χ1v) is 7.88. The molecule has 0 saturated heterocycles. The Morgan fingerprint density at radius 1 is 1.42 bits per heavy atom. The molecule has 1 aromatic carbocycles. The van der Waals surface area contributed by atoms with Crippen LogP contribution < -0.4 is 10.2 Å². The predicted molar refractivity (Wildman–Crippen MR) is 83.2 cm³/mol. The molecular weight excluding hydrogens is 304 g/mol. The third-order valence-corrected chi connectivity index (χ3v) is 4.63. The third kappa shape index (κ3) is 3.50. The summed E-state index contributed by atoms with van der Waals surface area (Å²) in [5, 5.41) is 4.14. The van der Waals surface area contributed by atoms with E-state index in [0.717, 1.165) is 23.0 Å². The molecule has 1 amide bonds. The van der Waals surface area contributed by atoms with Gasteiger partial charge in [0.2, 0.25) is 0 Å². The molecule has 0 spiro atoms. The summed E-state index contributed by atoms with van der Waals surface area (Å²) in [6, 6.07) is 8.07. The van der Waals surface area contributed by atoms with Crippen molar-refractivity contribution in [3.8, 4) is 0 Å². The number of amides is 1. The summed E-state index contributed by atoms with van der Waals surface area (Å²) in [7, 11) is 3.96. The normalized spacial score (nSPS) is 22.3. The van der Waals surface area contributed by atoms with Gasteiger partial charge in [-0.05, 0) is 37.0 Å². The predicted octanol–water partition coefficient (Wildman–Crippen LogP) is 3.05. The molecule has 1 aliphatic carbocycles. The summed E-state index contributed by atoms with van der Waals surface area (Å²) in [4.78, 5) is 14.3. The van der Waals surface area contributed by atoms with Crippen molar-refractivity contribution < 1.29 is 4.79 Å². The van der Waals surface area contributed by atoms with Crippen LogP contribution >= 0.6 is 15.9 Å². The van der Waals surface area contributed by atoms with Crippen LogP contribution in [0.3, 0.4) is 0 Å². The maximum atomic E-state index is 12.3. The summed E-state index contributed by atoms with van der Waals surface area (Å²) in [5.74, 6) is 0.613. The van der Waals surface area contributed by atoms with Crippen LogP contribution in [0.1, 0.15) is 29.6 Å².